The molecule has 0 aliphatic heterocycles. The van der Waals surface area contributed by atoms with Crippen LogP contribution >= 0.6 is 11.6 Å². The van der Waals surface area contributed by atoms with Gasteiger partial charge < -0.3 is 10.6 Å². The molecule has 0 spiro atoms. The van der Waals surface area contributed by atoms with Gasteiger partial charge in [-0.1, -0.05) is 48.9 Å². The van der Waals surface area contributed by atoms with Crippen LogP contribution in [-0.2, 0) is 22.6 Å². The van der Waals surface area contributed by atoms with Crippen molar-refractivity contribution in [2.24, 2.45) is 0 Å². The average molecular weight is 317 g/mol. The Morgan fingerprint density at radius 1 is 1.00 bits per heavy atom. The molecule has 0 aliphatic carbocycles. The van der Waals surface area contributed by atoms with Gasteiger partial charge in [-0.2, -0.15) is 0 Å². The van der Waals surface area contributed by atoms with Gasteiger partial charge >= 0.3 is 11.8 Å². The second kappa shape index (κ2) is 7.61. The number of benzene rings is 2. The number of hydrogen-bond acceptors (Lipinski definition) is 2. The van der Waals surface area contributed by atoms with Gasteiger partial charge in [0.15, 0.2) is 0 Å². The third-order valence-electron chi connectivity index (χ3n) is 3.22. The van der Waals surface area contributed by atoms with Gasteiger partial charge in [-0.05, 0) is 35.7 Å². The van der Waals surface area contributed by atoms with E-state index in [9.17, 15) is 9.59 Å². The SMILES string of the molecule is CCc1ccc(NC(=O)C(=O)NCc2ccccc2Cl)cc1. The largest absolute Gasteiger partial charge is 0.344 e. The summed E-state index contributed by atoms with van der Waals surface area (Å²) in [7, 11) is 0. The zero-order chi connectivity index (χ0) is 15.9. The molecule has 0 saturated heterocycles. The molecule has 2 aromatic rings. The van der Waals surface area contributed by atoms with Crippen molar-refractivity contribution in [1.29, 1.82) is 0 Å². The van der Waals surface area contributed by atoms with E-state index < -0.39 is 11.8 Å². The third-order valence-corrected chi connectivity index (χ3v) is 3.59. The van der Waals surface area contributed by atoms with E-state index >= 15 is 0 Å². The van der Waals surface area contributed by atoms with Crippen LogP contribution in [0.1, 0.15) is 18.1 Å². The summed E-state index contributed by atoms with van der Waals surface area (Å²) >= 11 is 5.99. The lowest BCUT2D eigenvalue weighted by atomic mass is 10.1. The minimum Gasteiger partial charge on any atom is -0.344 e. The van der Waals surface area contributed by atoms with Crippen LogP contribution in [0.2, 0.25) is 5.02 Å². The number of nitrogens with one attached hydrogen (secondary N) is 2. The Kier molecular flexibility index (Phi) is 5.55. The fraction of sp³-hybridized carbons (Fsp3) is 0.176. The molecule has 2 aromatic carbocycles. The number of anilines is 1. The monoisotopic (exact) mass is 316 g/mol. The molecule has 114 valence electrons. The summed E-state index contributed by atoms with van der Waals surface area (Å²) < 4.78 is 0. The molecule has 0 aromatic heterocycles. The van der Waals surface area contributed by atoms with Crippen LogP contribution in [0, 0.1) is 0 Å². The summed E-state index contributed by atoms with van der Waals surface area (Å²) in [5.41, 5.74) is 2.52. The lowest BCUT2D eigenvalue weighted by molar-refractivity contribution is -0.136. The minimum absolute atomic E-state index is 0.209. The van der Waals surface area contributed by atoms with Crippen LogP contribution in [0.4, 0.5) is 5.69 Å². The van der Waals surface area contributed by atoms with Crippen LogP contribution in [-0.4, -0.2) is 11.8 Å². The Morgan fingerprint density at radius 2 is 1.68 bits per heavy atom. The molecule has 0 fully saturated rings. The molecule has 0 atom stereocenters. The highest BCUT2D eigenvalue weighted by Crippen LogP contribution is 2.14. The van der Waals surface area contributed by atoms with Gasteiger partial charge in [0, 0.05) is 17.3 Å². The molecular weight excluding hydrogens is 300 g/mol. The lowest BCUT2D eigenvalue weighted by Gasteiger charge is -2.08. The van der Waals surface area contributed by atoms with Crippen LogP contribution in [0.3, 0.4) is 0 Å². The van der Waals surface area contributed by atoms with Crippen molar-refractivity contribution in [2.75, 3.05) is 5.32 Å². The number of amides is 2. The topological polar surface area (TPSA) is 58.2 Å². The smallest absolute Gasteiger partial charge is 0.313 e. The van der Waals surface area contributed by atoms with E-state index in [2.05, 4.69) is 17.6 Å². The summed E-state index contributed by atoms with van der Waals surface area (Å²) in [6.45, 7) is 2.26. The zero-order valence-corrected chi connectivity index (χ0v) is 13.0. The van der Waals surface area contributed by atoms with Gasteiger partial charge in [-0.25, -0.2) is 0 Å². The number of hydrogen-bond donors (Lipinski definition) is 2. The standard InChI is InChI=1S/C17H17ClN2O2/c1-2-12-7-9-14(10-8-12)20-17(22)16(21)19-11-13-5-3-4-6-15(13)18/h3-10H,2,11H2,1H3,(H,19,21)(H,20,22). The molecule has 2 amide bonds. The van der Waals surface area contributed by atoms with Crippen molar-refractivity contribution in [1.82, 2.24) is 5.32 Å². The van der Waals surface area contributed by atoms with Crippen LogP contribution in [0.25, 0.3) is 0 Å². The number of rotatable bonds is 4. The van der Waals surface area contributed by atoms with Crippen molar-refractivity contribution in [3.63, 3.8) is 0 Å². The first-order valence-corrected chi connectivity index (χ1v) is 7.39. The molecule has 0 unspecified atom stereocenters. The minimum atomic E-state index is -0.698. The maximum absolute atomic E-state index is 11.8. The summed E-state index contributed by atoms with van der Waals surface area (Å²) in [4.78, 5) is 23.6. The molecule has 22 heavy (non-hydrogen) atoms. The van der Waals surface area contributed by atoms with Crippen LogP contribution in [0.15, 0.2) is 48.5 Å². The molecule has 0 bridgehead atoms. The maximum Gasteiger partial charge on any atom is 0.313 e. The van der Waals surface area contributed by atoms with Crippen molar-refractivity contribution < 1.29 is 9.59 Å². The van der Waals surface area contributed by atoms with Crippen molar-refractivity contribution in [3.8, 4) is 0 Å². The van der Waals surface area contributed by atoms with Crippen LogP contribution < -0.4 is 10.6 Å². The molecule has 0 radical (unpaired) electrons. The van der Waals surface area contributed by atoms with Crippen molar-refractivity contribution in [2.45, 2.75) is 19.9 Å². The van der Waals surface area contributed by atoms with Gasteiger partial charge in [-0.15, -0.1) is 0 Å². The number of carbonyl (C=O) groups excluding carboxylic acids is 2. The van der Waals surface area contributed by atoms with E-state index in [1.165, 1.54) is 5.56 Å². The Labute approximate surface area is 134 Å². The second-order valence-corrected chi connectivity index (χ2v) is 5.19. The third kappa shape index (κ3) is 4.33. The summed E-state index contributed by atoms with van der Waals surface area (Å²) in [6.07, 6.45) is 0.923. The number of aryl methyl sites for hydroxylation is 1. The van der Waals surface area contributed by atoms with Gasteiger partial charge in [0.2, 0.25) is 0 Å². The lowest BCUT2D eigenvalue weighted by Crippen LogP contribution is -2.35. The zero-order valence-electron chi connectivity index (χ0n) is 12.2. The summed E-state index contributed by atoms with van der Waals surface area (Å²) in [5, 5.41) is 5.66. The van der Waals surface area contributed by atoms with Gasteiger partial charge in [0.1, 0.15) is 0 Å². The first-order valence-electron chi connectivity index (χ1n) is 7.01. The first kappa shape index (κ1) is 16.0. The molecule has 5 heteroatoms. The van der Waals surface area contributed by atoms with Gasteiger partial charge in [0.25, 0.3) is 0 Å². The predicted molar refractivity (Wildman–Crippen MR) is 87.7 cm³/mol. The van der Waals surface area contributed by atoms with Gasteiger partial charge in [0.05, 0.1) is 0 Å². The molecule has 0 aliphatic rings. The number of carbonyl (C=O) groups is 2. The predicted octanol–water partition coefficient (Wildman–Crippen LogP) is 3.16. The fourth-order valence-electron chi connectivity index (χ4n) is 1.91. The Morgan fingerprint density at radius 3 is 2.32 bits per heavy atom. The molecule has 0 heterocycles. The summed E-state index contributed by atoms with van der Waals surface area (Å²) in [5.74, 6) is -1.39. The molecule has 2 rings (SSSR count). The molecule has 4 nitrogen and oxygen atoms in total. The normalized spacial score (nSPS) is 10.1. The first-order chi connectivity index (χ1) is 10.6. The van der Waals surface area contributed by atoms with E-state index in [0.29, 0.717) is 10.7 Å². The maximum atomic E-state index is 11.8. The highest BCUT2D eigenvalue weighted by Gasteiger charge is 2.13. The van der Waals surface area contributed by atoms with Crippen molar-refractivity contribution in [3.05, 3.63) is 64.7 Å². The van der Waals surface area contributed by atoms with Gasteiger partial charge in [-0.3, -0.25) is 9.59 Å². The second-order valence-electron chi connectivity index (χ2n) is 4.78. The van der Waals surface area contributed by atoms with E-state index in [4.69, 9.17) is 11.6 Å². The quantitative estimate of drug-likeness (QED) is 0.851. The number of halogens is 1. The Bertz CT molecular complexity index is 669. The summed E-state index contributed by atoms with van der Waals surface area (Å²) in [6, 6.07) is 14.5. The fourth-order valence-corrected chi connectivity index (χ4v) is 2.11. The Hall–Kier alpha value is -2.33. The highest BCUT2D eigenvalue weighted by atomic mass is 35.5. The molecular formula is C17H17ClN2O2. The highest BCUT2D eigenvalue weighted by molar-refractivity contribution is 6.39. The van der Waals surface area contributed by atoms with E-state index in [-0.39, 0.29) is 6.54 Å². The average Bonchev–Trinajstić information content (AvgIpc) is 2.54. The van der Waals surface area contributed by atoms with E-state index in [0.717, 1.165) is 12.0 Å². The molecule has 0 saturated carbocycles. The van der Waals surface area contributed by atoms with E-state index in [1.54, 1.807) is 30.3 Å². The Balaban J connectivity index is 1.89. The van der Waals surface area contributed by atoms with Crippen molar-refractivity contribution >= 4 is 29.1 Å². The van der Waals surface area contributed by atoms with Crippen LogP contribution in [0.5, 0.6) is 0 Å². The van der Waals surface area contributed by atoms with E-state index in [1.807, 2.05) is 18.2 Å². The molecule has 2 N–H and O–H groups in total.